The molecule has 0 saturated carbocycles. The second-order valence-corrected chi connectivity index (χ2v) is 8.94. The van der Waals surface area contributed by atoms with E-state index in [0.29, 0.717) is 33.2 Å². The molecule has 6 nitrogen and oxygen atoms in total. The van der Waals surface area contributed by atoms with Gasteiger partial charge in [-0.05, 0) is 41.3 Å². The number of hydrogen-bond acceptors (Lipinski definition) is 4. The third-order valence-electron chi connectivity index (χ3n) is 6.04. The van der Waals surface area contributed by atoms with Gasteiger partial charge in [0.2, 0.25) is 0 Å². The smallest absolute Gasteiger partial charge is 0.263 e. The zero-order valence-corrected chi connectivity index (χ0v) is 17.6. The second kappa shape index (κ2) is 6.49. The van der Waals surface area contributed by atoms with Gasteiger partial charge in [-0.2, -0.15) is 0 Å². The fourth-order valence-corrected chi connectivity index (χ4v) is 4.66. The van der Waals surface area contributed by atoms with Gasteiger partial charge in [-0.15, -0.1) is 0 Å². The predicted octanol–water partition coefficient (Wildman–Crippen LogP) is 4.02. The Balaban J connectivity index is 1.78. The van der Waals surface area contributed by atoms with Crippen molar-refractivity contribution in [1.29, 1.82) is 0 Å². The molecule has 6 heteroatoms. The zero-order valence-electron chi connectivity index (χ0n) is 17.6. The summed E-state index contributed by atoms with van der Waals surface area (Å²) in [7, 11) is 0. The molecule has 0 atom stereocenters. The summed E-state index contributed by atoms with van der Waals surface area (Å²) in [6.45, 7) is 5.93. The van der Waals surface area contributed by atoms with Crippen molar-refractivity contribution in [2.45, 2.75) is 26.2 Å². The fraction of sp³-hybridized carbons (Fsp3) is 0.240. The van der Waals surface area contributed by atoms with Crippen molar-refractivity contribution in [1.82, 2.24) is 4.90 Å². The first-order valence-corrected chi connectivity index (χ1v) is 10.3. The molecular weight excluding hydrogens is 392 g/mol. The zero-order chi connectivity index (χ0) is 22.1. The van der Waals surface area contributed by atoms with Gasteiger partial charge in [0.25, 0.3) is 17.7 Å². The second-order valence-electron chi connectivity index (χ2n) is 8.94. The number of rotatable bonds is 3. The maximum Gasteiger partial charge on any atom is 0.263 e. The van der Waals surface area contributed by atoms with E-state index in [1.165, 1.54) is 0 Å². The van der Waals surface area contributed by atoms with Crippen molar-refractivity contribution in [3.63, 3.8) is 0 Å². The first kappa shape index (κ1) is 19.5. The molecule has 0 fully saturated rings. The van der Waals surface area contributed by atoms with E-state index in [2.05, 4.69) is 20.8 Å². The van der Waals surface area contributed by atoms with E-state index in [0.717, 1.165) is 16.2 Å². The van der Waals surface area contributed by atoms with Crippen LogP contribution in [0.25, 0.3) is 10.8 Å². The summed E-state index contributed by atoms with van der Waals surface area (Å²) in [6, 6.07) is 14.5. The van der Waals surface area contributed by atoms with Crippen LogP contribution in [-0.2, 0) is 5.41 Å². The molecule has 31 heavy (non-hydrogen) atoms. The lowest BCUT2D eigenvalue weighted by Crippen LogP contribution is -2.41. The number of carbonyl (C=O) groups excluding carboxylic acids is 3. The third kappa shape index (κ3) is 2.58. The number of amides is 3. The molecule has 5 rings (SSSR count). The number of benzene rings is 3. The first-order valence-electron chi connectivity index (χ1n) is 10.3. The Kier molecular flexibility index (Phi) is 4.07. The quantitative estimate of drug-likeness (QED) is 0.657. The third-order valence-corrected chi connectivity index (χ3v) is 6.04. The van der Waals surface area contributed by atoms with Gasteiger partial charge >= 0.3 is 0 Å². The van der Waals surface area contributed by atoms with E-state index in [1.807, 2.05) is 24.3 Å². The molecule has 2 aliphatic heterocycles. The van der Waals surface area contributed by atoms with E-state index in [4.69, 9.17) is 0 Å². The Bertz CT molecular complexity index is 1280. The number of β-amino-alcohol motifs (C(OH)–C–C–N with tert-alkyl or cyclic N) is 1. The van der Waals surface area contributed by atoms with Gasteiger partial charge in [-0.25, -0.2) is 0 Å². The normalized spacial score (nSPS) is 15.4. The average molecular weight is 414 g/mol. The van der Waals surface area contributed by atoms with E-state index in [9.17, 15) is 19.5 Å². The summed E-state index contributed by atoms with van der Waals surface area (Å²) in [5.41, 5.74) is 3.55. The van der Waals surface area contributed by atoms with Crippen LogP contribution in [0.4, 0.5) is 11.4 Å². The Hall–Kier alpha value is -3.51. The van der Waals surface area contributed by atoms with E-state index in [1.54, 1.807) is 29.2 Å². The highest BCUT2D eigenvalue weighted by Crippen LogP contribution is 2.47. The van der Waals surface area contributed by atoms with Crippen LogP contribution in [-0.4, -0.2) is 40.9 Å². The largest absolute Gasteiger partial charge is 0.395 e. The summed E-state index contributed by atoms with van der Waals surface area (Å²) in [6.07, 6.45) is 0. The Labute approximate surface area is 179 Å². The van der Waals surface area contributed by atoms with Crippen LogP contribution < -0.4 is 4.90 Å². The number of anilines is 2. The lowest BCUT2D eigenvalue weighted by Gasteiger charge is -2.29. The molecule has 3 aromatic carbocycles. The number of para-hydroxylation sites is 1. The van der Waals surface area contributed by atoms with Gasteiger partial charge in [0.1, 0.15) is 0 Å². The Morgan fingerprint density at radius 1 is 0.742 bits per heavy atom. The van der Waals surface area contributed by atoms with E-state index in [-0.39, 0.29) is 24.5 Å². The minimum atomic E-state index is -0.448. The van der Waals surface area contributed by atoms with Crippen molar-refractivity contribution in [2.75, 3.05) is 18.1 Å². The van der Waals surface area contributed by atoms with Gasteiger partial charge in [-0.3, -0.25) is 24.2 Å². The Morgan fingerprint density at radius 3 is 1.94 bits per heavy atom. The summed E-state index contributed by atoms with van der Waals surface area (Å²) in [5, 5.41) is 10.4. The molecule has 3 amide bonds. The monoisotopic (exact) mass is 414 g/mol. The highest BCUT2D eigenvalue weighted by atomic mass is 16.3. The Morgan fingerprint density at radius 2 is 1.32 bits per heavy atom. The molecule has 0 bridgehead atoms. The van der Waals surface area contributed by atoms with E-state index < -0.39 is 11.8 Å². The summed E-state index contributed by atoms with van der Waals surface area (Å²) in [4.78, 5) is 42.2. The van der Waals surface area contributed by atoms with Crippen LogP contribution in [0.3, 0.4) is 0 Å². The van der Waals surface area contributed by atoms with Crippen molar-refractivity contribution >= 4 is 39.9 Å². The number of hydrogen-bond donors (Lipinski definition) is 1. The lowest BCUT2D eigenvalue weighted by atomic mass is 9.85. The van der Waals surface area contributed by atoms with Crippen LogP contribution in [0.15, 0.2) is 48.5 Å². The standard InChI is InChI=1S/C25H22N2O4/c1-25(2,3)17-6-4-5-7-18(17)27-19-11-10-15-20-14(8-9-16(21(19)20)24(27)31)22(29)26(12-13-28)23(15)30/h4-11,28H,12-13H2,1-3H3. The van der Waals surface area contributed by atoms with Gasteiger partial charge in [0.15, 0.2) is 0 Å². The van der Waals surface area contributed by atoms with Crippen molar-refractivity contribution in [3.8, 4) is 0 Å². The molecular formula is C25H22N2O4. The molecule has 0 spiro atoms. The van der Waals surface area contributed by atoms with Crippen LogP contribution in [0, 0.1) is 0 Å². The summed E-state index contributed by atoms with van der Waals surface area (Å²) in [5.74, 6) is -1.07. The molecule has 2 aliphatic rings. The minimum absolute atomic E-state index is 0.0634. The summed E-state index contributed by atoms with van der Waals surface area (Å²) < 4.78 is 0. The van der Waals surface area contributed by atoms with Crippen molar-refractivity contribution in [2.24, 2.45) is 0 Å². The number of aliphatic hydroxyl groups excluding tert-OH is 1. The molecule has 3 aromatic rings. The maximum atomic E-state index is 13.5. The van der Waals surface area contributed by atoms with Gasteiger partial charge in [0.05, 0.1) is 30.1 Å². The maximum absolute atomic E-state index is 13.5. The fourth-order valence-electron chi connectivity index (χ4n) is 4.66. The highest BCUT2D eigenvalue weighted by Gasteiger charge is 2.40. The predicted molar refractivity (Wildman–Crippen MR) is 118 cm³/mol. The van der Waals surface area contributed by atoms with Gasteiger partial charge < -0.3 is 5.11 Å². The van der Waals surface area contributed by atoms with E-state index >= 15 is 0 Å². The minimum Gasteiger partial charge on any atom is -0.395 e. The number of carbonyl (C=O) groups is 3. The SMILES string of the molecule is CC(C)(C)c1ccccc1N1C(=O)c2ccc3c4c(ccc1c24)C(=O)N(CCO)C3=O. The molecule has 0 aliphatic carbocycles. The number of aliphatic hydroxyl groups is 1. The lowest BCUT2D eigenvalue weighted by molar-refractivity contribution is 0.0580. The van der Waals surface area contributed by atoms with Gasteiger partial charge in [0, 0.05) is 21.9 Å². The number of imide groups is 1. The molecule has 156 valence electrons. The molecule has 0 aromatic heterocycles. The average Bonchev–Trinajstić information content (AvgIpc) is 3.03. The molecule has 0 saturated heterocycles. The summed E-state index contributed by atoms with van der Waals surface area (Å²) >= 11 is 0. The molecule has 0 radical (unpaired) electrons. The van der Waals surface area contributed by atoms with Crippen molar-refractivity contribution in [3.05, 3.63) is 70.8 Å². The van der Waals surface area contributed by atoms with Crippen LogP contribution in [0.1, 0.15) is 57.4 Å². The van der Waals surface area contributed by atoms with Crippen LogP contribution >= 0.6 is 0 Å². The number of nitrogens with zero attached hydrogens (tertiary/aromatic N) is 2. The van der Waals surface area contributed by atoms with Gasteiger partial charge in [-0.1, -0.05) is 39.0 Å². The molecule has 2 heterocycles. The van der Waals surface area contributed by atoms with Crippen molar-refractivity contribution < 1.29 is 19.5 Å². The van der Waals surface area contributed by atoms with Crippen LogP contribution in [0.5, 0.6) is 0 Å². The highest BCUT2D eigenvalue weighted by molar-refractivity contribution is 6.35. The first-order chi connectivity index (χ1) is 14.8. The topological polar surface area (TPSA) is 77.9 Å². The molecule has 1 N–H and O–H groups in total. The van der Waals surface area contributed by atoms with Crippen LogP contribution in [0.2, 0.25) is 0 Å². The molecule has 0 unspecified atom stereocenters.